The summed E-state index contributed by atoms with van der Waals surface area (Å²) in [4.78, 5) is 28.2. The predicted octanol–water partition coefficient (Wildman–Crippen LogP) is 4.14. The van der Waals surface area contributed by atoms with Crippen LogP contribution in [0.2, 0.25) is 0 Å². The van der Waals surface area contributed by atoms with E-state index in [2.05, 4.69) is 4.98 Å². The molecule has 1 heterocycles. The first kappa shape index (κ1) is 18.7. The van der Waals surface area contributed by atoms with E-state index in [0.717, 1.165) is 6.07 Å². The Labute approximate surface area is 157 Å². The van der Waals surface area contributed by atoms with Gasteiger partial charge >= 0.3 is 5.97 Å². The Morgan fingerprint density at radius 3 is 2.52 bits per heavy atom. The second-order valence-corrected chi connectivity index (χ2v) is 6.25. The summed E-state index contributed by atoms with van der Waals surface area (Å²) in [6, 6.07) is 9.40. The molecule has 0 bridgehead atoms. The van der Waals surface area contributed by atoms with Gasteiger partial charge in [0.15, 0.2) is 29.7 Å². The molecule has 0 aliphatic rings. The molecule has 138 valence electrons. The summed E-state index contributed by atoms with van der Waals surface area (Å²) in [5.41, 5.74) is 0.754. The summed E-state index contributed by atoms with van der Waals surface area (Å²) in [5, 5.41) is 2.00. The van der Waals surface area contributed by atoms with Crippen molar-refractivity contribution in [3.63, 3.8) is 0 Å². The second kappa shape index (κ2) is 8.05. The van der Waals surface area contributed by atoms with Crippen LogP contribution in [0.1, 0.15) is 20.8 Å². The molecule has 0 atom stereocenters. The van der Waals surface area contributed by atoms with Gasteiger partial charge in [-0.05, 0) is 42.5 Å². The summed E-state index contributed by atoms with van der Waals surface area (Å²) in [6.07, 6.45) is 0. The third kappa shape index (κ3) is 4.35. The van der Waals surface area contributed by atoms with Crippen molar-refractivity contribution >= 4 is 23.1 Å². The minimum atomic E-state index is -0.776. The molecule has 0 aliphatic carbocycles. The van der Waals surface area contributed by atoms with Crippen LogP contribution >= 0.6 is 11.3 Å². The number of ether oxygens (including phenoxy) is 2. The van der Waals surface area contributed by atoms with Crippen molar-refractivity contribution in [2.75, 3.05) is 13.7 Å². The SMILES string of the molecule is COc1ccc(C(=O)COC(=O)c2csc(-c3ccc(F)cc3)n2)cc1F. The van der Waals surface area contributed by atoms with Gasteiger partial charge < -0.3 is 9.47 Å². The Bertz CT molecular complexity index is 986. The standard InChI is InChI=1S/C19H13F2NO4S/c1-25-17-7-4-12(8-14(17)21)16(23)9-26-19(24)15-10-27-18(22-15)11-2-5-13(20)6-3-11/h2-8,10H,9H2,1H3. The number of methoxy groups -OCH3 is 1. The van der Waals surface area contributed by atoms with Crippen LogP contribution in [0.5, 0.6) is 5.75 Å². The molecule has 1 aromatic heterocycles. The number of esters is 1. The molecular weight excluding hydrogens is 376 g/mol. The number of rotatable bonds is 6. The second-order valence-electron chi connectivity index (χ2n) is 5.39. The number of Topliss-reactive ketones (excluding diaryl/α,β-unsaturated/α-hetero) is 1. The van der Waals surface area contributed by atoms with E-state index < -0.39 is 24.2 Å². The molecule has 0 N–H and O–H groups in total. The molecule has 0 saturated carbocycles. The topological polar surface area (TPSA) is 65.5 Å². The number of hydrogen-bond donors (Lipinski definition) is 0. The van der Waals surface area contributed by atoms with E-state index in [4.69, 9.17) is 9.47 Å². The molecule has 0 spiro atoms. The first-order valence-electron chi connectivity index (χ1n) is 7.73. The Kier molecular flexibility index (Phi) is 5.56. The van der Waals surface area contributed by atoms with E-state index in [-0.39, 0.29) is 22.8 Å². The highest BCUT2D eigenvalue weighted by molar-refractivity contribution is 7.13. The van der Waals surface area contributed by atoms with Gasteiger partial charge in [-0.25, -0.2) is 18.6 Å². The molecular formula is C19H13F2NO4S. The van der Waals surface area contributed by atoms with E-state index in [1.807, 2.05) is 0 Å². The van der Waals surface area contributed by atoms with E-state index in [0.29, 0.717) is 10.6 Å². The largest absolute Gasteiger partial charge is 0.494 e. The number of benzene rings is 2. The summed E-state index contributed by atoms with van der Waals surface area (Å²) in [7, 11) is 1.32. The first-order chi connectivity index (χ1) is 13.0. The number of ketones is 1. The maximum absolute atomic E-state index is 13.6. The third-order valence-corrected chi connectivity index (χ3v) is 4.50. The smallest absolute Gasteiger partial charge is 0.358 e. The van der Waals surface area contributed by atoms with Crippen molar-refractivity contribution in [1.82, 2.24) is 4.98 Å². The van der Waals surface area contributed by atoms with Crippen molar-refractivity contribution < 1.29 is 27.8 Å². The Balaban J connectivity index is 1.63. The van der Waals surface area contributed by atoms with Crippen LogP contribution in [-0.4, -0.2) is 30.5 Å². The van der Waals surface area contributed by atoms with Gasteiger partial charge in [0.25, 0.3) is 0 Å². The lowest BCUT2D eigenvalue weighted by Crippen LogP contribution is -2.14. The zero-order chi connectivity index (χ0) is 19.4. The van der Waals surface area contributed by atoms with Crippen LogP contribution in [0.15, 0.2) is 47.8 Å². The molecule has 0 aliphatic heterocycles. The third-order valence-electron chi connectivity index (χ3n) is 3.61. The van der Waals surface area contributed by atoms with Crippen molar-refractivity contribution in [3.8, 4) is 16.3 Å². The maximum atomic E-state index is 13.6. The zero-order valence-electron chi connectivity index (χ0n) is 14.1. The van der Waals surface area contributed by atoms with Gasteiger partial charge in [0.05, 0.1) is 7.11 Å². The van der Waals surface area contributed by atoms with Crippen molar-refractivity contribution in [2.24, 2.45) is 0 Å². The molecule has 0 fully saturated rings. The fraction of sp³-hybridized carbons (Fsp3) is 0.105. The van der Waals surface area contributed by atoms with Crippen LogP contribution in [0, 0.1) is 11.6 Å². The number of halogens is 2. The van der Waals surface area contributed by atoms with Gasteiger partial charge in [-0.2, -0.15) is 0 Å². The van der Waals surface area contributed by atoms with Gasteiger partial charge in [0.1, 0.15) is 10.8 Å². The minimum Gasteiger partial charge on any atom is -0.494 e. The average Bonchev–Trinajstić information content (AvgIpc) is 3.16. The first-order valence-corrected chi connectivity index (χ1v) is 8.61. The van der Waals surface area contributed by atoms with E-state index in [1.54, 1.807) is 12.1 Å². The predicted molar refractivity (Wildman–Crippen MR) is 95.1 cm³/mol. The molecule has 3 rings (SSSR count). The molecule has 2 aromatic carbocycles. The minimum absolute atomic E-state index is 0.0133. The Morgan fingerprint density at radius 1 is 1.11 bits per heavy atom. The highest BCUT2D eigenvalue weighted by Gasteiger charge is 2.17. The van der Waals surface area contributed by atoms with Crippen LogP contribution in [-0.2, 0) is 4.74 Å². The molecule has 0 saturated heterocycles. The van der Waals surface area contributed by atoms with Gasteiger partial charge in [0.2, 0.25) is 0 Å². The molecule has 0 unspecified atom stereocenters. The lowest BCUT2D eigenvalue weighted by atomic mass is 10.1. The fourth-order valence-electron chi connectivity index (χ4n) is 2.22. The van der Waals surface area contributed by atoms with E-state index in [1.165, 1.54) is 48.1 Å². The molecule has 5 nitrogen and oxygen atoms in total. The number of nitrogens with zero attached hydrogens (tertiary/aromatic N) is 1. The van der Waals surface area contributed by atoms with Gasteiger partial charge in [-0.15, -0.1) is 11.3 Å². The molecule has 3 aromatic rings. The lowest BCUT2D eigenvalue weighted by Gasteiger charge is -2.05. The fourth-order valence-corrected chi connectivity index (χ4v) is 3.02. The number of hydrogen-bond acceptors (Lipinski definition) is 6. The van der Waals surface area contributed by atoms with Crippen molar-refractivity contribution in [1.29, 1.82) is 0 Å². The highest BCUT2D eigenvalue weighted by Crippen LogP contribution is 2.24. The van der Waals surface area contributed by atoms with Crippen molar-refractivity contribution in [2.45, 2.75) is 0 Å². The quantitative estimate of drug-likeness (QED) is 0.468. The zero-order valence-corrected chi connectivity index (χ0v) is 14.9. The van der Waals surface area contributed by atoms with Crippen LogP contribution < -0.4 is 4.74 Å². The summed E-state index contributed by atoms with van der Waals surface area (Å²) >= 11 is 1.19. The Morgan fingerprint density at radius 2 is 1.85 bits per heavy atom. The Hall–Kier alpha value is -3.13. The number of carbonyl (C=O) groups is 2. The normalized spacial score (nSPS) is 10.5. The molecule has 8 heteroatoms. The average molecular weight is 389 g/mol. The van der Waals surface area contributed by atoms with Gasteiger partial charge in [-0.3, -0.25) is 4.79 Å². The monoisotopic (exact) mass is 389 g/mol. The van der Waals surface area contributed by atoms with Crippen LogP contribution in [0.25, 0.3) is 10.6 Å². The summed E-state index contributed by atoms with van der Waals surface area (Å²) in [6.45, 7) is -0.548. The van der Waals surface area contributed by atoms with Gasteiger partial charge in [-0.1, -0.05) is 0 Å². The highest BCUT2D eigenvalue weighted by atomic mass is 32.1. The number of carbonyl (C=O) groups excluding carboxylic acids is 2. The van der Waals surface area contributed by atoms with E-state index >= 15 is 0 Å². The number of aromatic nitrogens is 1. The number of thiazole rings is 1. The van der Waals surface area contributed by atoms with Crippen molar-refractivity contribution in [3.05, 3.63) is 70.7 Å². The van der Waals surface area contributed by atoms with Gasteiger partial charge in [0, 0.05) is 16.5 Å². The summed E-state index contributed by atoms with van der Waals surface area (Å²) < 4.78 is 36.3. The molecule has 0 radical (unpaired) electrons. The lowest BCUT2D eigenvalue weighted by molar-refractivity contribution is 0.0469. The van der Waals surface area contributed by atoms with Crippen LogP contribution in [0.4, 0.5) is 8.78 Å². The van der Waals surface area contributed by atoms with E-state index in [9.17, 15) is 18.4 Å². The van der Waals surface area contributed by atoms with Crippen LogP contribution in [0.3, 0.4) is 0 Å². The molecule has 27 heavy (non-hydrogen) atoms. The maximum Gasteiger partial charge on any atom is 0.358 e. The summed E-state index contributed by atoms with van der Waals surface area (Å²) in [5.74, 6) is -2.37. The molecule has 0 amide bonds.